The summed E-state index contributed by atoms with van der Waals surface area (Å²) in [7, 11) is 7.36. The summed E-state index contributed by atoms with van der Waals surface area (Å²) in [6.45, 7) is 0.703. The summed E-state index contributed by atoms with van der Waals surface area (Å²) >= 11 is 0. The Balaban J connectivity index is 1.89. The molecule has 4 atom stereocenters. The average molecular weight is 138 g/mol. The zero-order chi connectivity index (χ0) is 7.14. The van der Waals surface area contributed by atoms with Crippen molar-refractivity contribution in [2.75, 3.05) is 13.7 Å². The van der Waals surface area contributed by atoms with Crippen LogP contribution in [0.2, 0.25) is 0 Å². The minimum Gasteiger partial charge on any atom is -0.382 e. The highest BCUT2D eigenvalue weighted by molar-refractivity contribution is 6.11. The lowest BCUT2D eigenvalue weighted by Gasteiger charge is -2.13. The van der Waals surface area contributed by atoms with Crippen LogP contribution >= 0.6 is 0 Å². The summed E-state index contributed by atoms with van der Waals surface area (Å²) in [4.78, 5) is 0. The van der Waals surface area contributed by atoms with Crippen LogP contribution in [0, 0.1) is 11.8 Å². The fourth-order valence-corrected chi connectivity index (χ4v) is 1.77. The van der Waals surface area contributed by atoms with Gasteiger partial charge in [0.05, 0.1) is 12.7 Å². The van der Waals surface area contributed by atoms with Crippen LogP contribution in [0.25, 0.3) is 0 Å². The maximum absolute atomic E-state index is 5.66. The molecule has 3 heteroatoms. The van der Waals surface area contributed by atoms with Gasteiger partial charge in [-0.15, -0.1) is 0 Å². The molecule has 1 unspecified atom stereocenters. The van der Waals surface area contributed by atoms with Crippen molar-refractivity contribution in [2.45, 2.75) is 18.5 Å². The van der Waals surface area contributed by atoms with Gasteiger partial charge in [-0.25, -0.2) is 0 Å². The molecule has 0 aromatic heterocycles. The smallest absolute Gasteiger partial charge is 0.109 e. The second-order valence-electron chi connectivity index (χ2n) is 3.16. The van der Waals surface area contributed by atoms with E-state index in [0.717, 1.165) is 0 Å². The normalized spacial score (nSPS) is 50.9. The lowest BCUT2D eigenvalue weighted by atomic mass is 9.96. The first-order valence-electron chi connectivity index (χ1n) is 3.73. The number of hydrogen-bond donors (Lipinski definition) is 0. The number of hydrogen-bond acceptors (Lipinski definition) is 2. The fourth-order valence-electron chi connectivity index (χ4n) is 1.77. The molecular weight excluding hydrogens is 127 g/mol. The van der Waals surface area contributed by atoms with E-state index in [4.69, 9.17) is 17.3 Å². The zero-order valence-electron chi connectivity index (χ0n) is 6.12. The molecule has 1 saturated carbocycles. The summed E-state index contributed by atoms with van der Waals surface area (Å²) < 4.78 is 10.4. The second kappa shape index (κ2) is 2.24. The number of fused-ring (bicyclic) bond motifs is 1. The predicted octanol–water partition coefficient (Wildman–Crippen LogP) is 0.162. The van der Waals surface area contributed by atoms with Crippen molar-refractivity contribution in [1.29, 1.82) is 0 Å². The highest BCUT2D eigenvalue weighted by atomic mass is 16.5. The van der Waals surface area contributed by atoms with Crippen LogP contribution in [0.1, 0.15) is 6.42 Å². The van der Waals surface area contributed by atoms with Gasteiger partial charge in [0.15, 0.2) is 0 Å². The quantitative estimate of drug-likeness (QED) is 0.506. The third-order valence-corrected chi connectivity index (χ3v) is 2.45. The van der Waals surface area contributed by atoms with Gasteiger partial charge in [0.2, 0.25) is 0 Å². The lowest BCUT2D eigenvalue weighted by Crippen LogP contribution is -2.21. The standard InChI is InChI=1S/C7H11BO2/c1-9-3-6-4-2-5(4)7(8)10-6/h4-7H,2-3H2,1H3/t4-,5?,6+,7+/m0/s1. The Hall–Kier alpha value is -0.0151. The van der Waals surface area contributed by atoms with Gasteiger partial charge in [-0.2, -0.15) is 0 Å². The molecule has 1 aliphatic carbocycles. The molecule has 10 heavy (non-hydrogen) atoms. The molecule has 2 rings (SSSR count). The van der Waals surface area contributed by atoms with E-state index in [-0.39, 0.29) is 12.1 Å². The molecule has 0 bridgehead atoms. The third kappa shape index (κ3) is 0.885. The Bertz CT molecular complexity index is 140. The zero-order valence-corrected chi connectivity index (χ0v) is 6.12. The van der Waals surface area contributed by atoms with Crippen molar-refractivity contribution >= 4 is 7.85 Å². The van der Waals surface area contributed by atoms with Crippen molar-refractivity contribution in [3.05, 3.63) is 0 Å². The Labute approximate surface area is 62.3 Å². The molecule has 54 valence electrons. The van der Waals surface area contributed by atoms with Crippen LogP contribution in [0.3, 0.4) is 0 Å². The molecule has 0 aromatic rings. The molecule has 2 radical (unpaired) electrons. The monoisotopic (exact) mass is 138 g/mol. The number of rotatable bonds is 2. The molecule has 0 spiro atoms. The predicted molar refractivity (Wildman–Crippen MR) is 37.9 cm³/mol. The van der Waals surface area contributed by atoms with E-state index in [1.165, 1.54) is 6.42 Å². The molecule has 2 aliphatic rings. The van der Waals surface area contributed by atoms with Crippen molar-refractivity contribution in [3.63, 3.8) is 0 Å². The van der Waals surface area contributed by atoms with E-state index >= 15 is 0 Å². The molecule has 2 fully saturated rings. The van der Waals surface area contributed by atoms with Gasteiger partial charge >= 0.3 is 0 Å². The van der Waals surface area contributed by atoms with Crippen molar-refractivity contribution in [3.8, 4) is 0 Å². The molecule has 1 saturated heterocycles. The van der Waals surface area contributed by atoms with Crippen LogP contribution in [-0.2, 0) is 9.47 Å². The fraction of sp³-hybridized carbons (Fsp3) is 1.00. The molecule has 0 N–H and O–H groups in total. The van der Waals surface area contributed by atoms with Gasteiger partial charge in [0, 0.05) is 13.1 Å². The van der Waals surface area contributed by atoms with Crippen LogP contribution in [0.4, 0.5) is 0 Å². The third-order valence-electron chi connectivity index (χ3n) is 2.45. The van der Waals surface area contributed by atoms with E-state index in [1.54, 1.807) is 7.11 Å². The first-order chi connectivity index (χ1) is 4.83. The highest BCUT2D eigenvalue weighted by Crippen LogP contribution is 2.51. The molecule has 0 amide bonds. The first-order valence-corrected chi connectivity index (χ1v) is 3.73. The van der Waals surface area contributed by atoms with Gasteiger partial charge in [-0.3, -0.25) is 0 Å². The summed E-state index contributed by atoms with van der Waals surface area (Å²) in [6, 6.07) is -0.00912. The van der Waals surface area contributed by atoms with E-state index in [9.17, 15) is 0 Å². The van der Waals surface area contributed by atoms with Gasteiger partial charge in [-0.05, 0) is 18.3 Å². The molecule has 2 nitrogen and oxygen atoms in total. The molecular formula is C7H11BO2. The van der Waals surface area contributed by atoms with Crippen molar-refractivity contribution in [1.82, 2.24) is 0 Å². The van der Waals surface area contributed by atoms with E-state index < -0.39 is 0 Å². The summed E-state index contributed by atoms with van der Waals surface area (Å²) in [5, 5.41) is 0. The topological polar surface area (TPSA) is 18.5 Å². The van der Waals surface area contributed by atoms with Crippen LogP contribution in [0.15, 0.2) is 0 Å². The summed E-state index contributed by atoms with van der Waals surface area (Å²) in [6.07, 6.45) is 1.53. The Morgan fingerprint density at radius 3 is 2.80 bits per heavy atom. The van der Waals surface area contributed by atoms with Gasteiger partial charge in [-0.1, -0.05) is 0 Å². The maximum atomic E-state index is 5.66. The maximum Gasteiger partial charge on any atom is 0.109 e. The average Bonchev–Trinajstić information content (AvgIpc) is 2.59. The van der Waals surface area contributed by atoms with E-state index in [1.807, 2.05) is 0 Å². The Morgan fingerprint density at radius 1 is 1.60 bits per heavy atom. The minimum absolute atomic E-state index is 0.00912. The van der Waals surface area contributed by atoms with E-state index in [2.05, 4.69) is 0 Å². The van der Waals surface area contributed by atoms with Gasteiger partial charge < -0.3 is 9.47 Å². The van der Waals surface area contributed by atoms with Crippen LogP contribution in [-0.4, -0.2) is 33.7 Å². The Morgan fingerprint density at radius 2 is 2.40 bits per heavy atom. The Kier molecular flexibility index (Phi) is 1.50. The van der Waals surface area contributed by atoms with Crippen molar-refractivity contribution in [2.24, 2.45) is 11.8 Å². The number of methoxy groups -OCH3 is 1. The van der Waals surface area contributed by atoms with E-state index in [0.29, 0.717) is 18.4 Å². The first kappa shape index (κ1) is 6.68. The summed E-state index contributed by atoms with van der Waals surface area (Å²) in [5.74, 6) is 1.34. The van der Waals surface area contributed by atoms with Crippen molar-refractivity contribution < 1.29 is 9.47 Å². The lowest BCUT2D eigenvalue weighted by molar-refractivity contribution is 0.00233. The van der Waals surface area contributed by atoms with Gasteiger partial charge in [0.1, 0.15) is 7.85 Å². The minimum atomic E-state index is -0.00912. The van der Waals surface area contributed by atoms with Crippen LogP contribution < -0.4 is 0 Å². The second-order valence-corrected chi connectivity index (χ2v) is 3.16. The molecule has 1 aliphatic heterocycles. The molecule has 0 aromatic carbocycles. The highest BCUT2D eigenvalue weighted by Gasteiger charge is 2.53. The largest absolute Gasteiger partial charge is 0.382 e. The van der Waals surface area contributed by atoms with Gasteiger partial charge in [0.25, 0.3) is 0 Å². The SMILES string of the molecule is [B][C@@H]1O[C@H](COC)[C@H]2CC12. The van der Waals surface area contributed by atoms with Crippen LogP contribution in [0.5, 0.6) is 0 Å². The summed E-state index contributed by atoms with van der Waals surface area (Å²) in [5.41, 5.74) is 0. The molecule has 1 heterocycles. The number of ether oxygens (including phenoxy) is 2.